The van der Waals surface area contributed by atoms with Crippen LogP contribution in [0.25, 0.3) is 0 Å². The van der Waals surface area contributed by atoms with Gasteiger partial charge in [0, 0.05) is 30.1 Å². The Balaban J connectivity index is 1.69. The zero-order valence-electron chi connectivity index (χ0n) is 9.87. The molecular formula is C12H19BrN2S. The van der Waals surface area contributed by atoms with Crippen molar-refractivity contribution in [3.05, 3.63) is 20.8 Å². The monoisotopic (exact) mass is 302 g/mol. The summed E-state index contributed by atoms with van der Waals surface area (Å²) >= 11 is 5.32. The number of nitrogens with zero attached hydrogens (tertiary/aromatic N) is 1. The zero-order valence-corrected chi connectivity index (χ0v) is 12.3. The quantitative estimate of drug-likeness (QED) is 0.868. The average Bonchev–Trinajstić information content (AvgIpc) is 3.01. The number of rotatable bonds is 6. The van der Waals surface area contributed by atoms with E-state index < -0.39 is 0 Å². The molecule has 1 aromatic rings. The van der Waals surface area contributed by atoms with Crippen LogP contribution in [-0.4, -0.2) is 31.1 Å². The van der Waals surface area contributed by atoms with Gasteiger partial charge >= 0.3 is 0 Å². The highest BCUT2D eigenvalue weighted by atomic mass is 79.9. The van der Waals surface area contributed by atoms with E-state index in [0.717, 1.165) is 19.1 Å². The van der Waals surface area contributed by atoms with E-state index in [1.165, 1.54) is 21.5 Å². The van der Waals surface area contributed by atoms with E-state index in [9.17, 15) is 0 Å². The summed E-state index contributed by atoms with van der Waals surface area (Å²) in [7, 11) is 2.23. The minimum absolute atomic E-state index is 0.462. The maximum absolute atomic E-state index is 3.57. The SMILES string of the molecule is CC(NCCN(C)C1CC1)c1ccc(Br)s1. The molecule has 4 heteroatoms. The molecule has 1 fully saturated rings. The van der Waals surface area contributed by atoms with Crippen molar-refractivity contribution in [2.24, 2.45) is 0 Å². The van der Waals surface area contributed by atoms with E-state index in [0.29, 0.717) is 6.04 Å². The van der Waals surface area contributed by atoms with Gasteiger partial charge in [-0.15, -0.1) is 11.3 Å². The van der Waals surface area contributed by atoms with Crippen LogP contribution in [0.3, 0.4) is 0 Å². The molecule has 1 saturated carbocycles. The lowest BCUT2D eigenvalue weighted by Gasteiger charge is -2.18. The molecule has 0 aromatic carbocycles. The lowest BCUT2D eigenvalue weighted by atomic mass is 10.3. The second kappa shape index (κ2) is 5.63. The molecule has 1 heterocycles. The van der Waals surface area contributed by atoms with E-state index in [1.54, 1.807) is 0 Å². The first-order chi connectivity index (χ1) is 7.66. The highest BCUT2D eigenvalue weighted by Crippen LogP contribution is 2.27. The molecule has 2 rings (SSSR count). The van der Waals surface area contributed by atoms with Crippen molar-refractivity contribution in [2.45, 2.75) is 31.8 Å². The van der Waals surface area contributed by atoms with Gasteiger partial charge in [-0.2, -0.15) is 0 Å². The lowest BCUT2D eigenvalue weighted by molar-refractivity contribution is 0.317. The zero-order chi connectivity index (χ0) is 11.5. The first-order valence-electron chi connectivity index (χ1n) is 5.85. The number of nitrogens with one attached hydrogen (secondary N) is 1. The van der Waals surface area contributed by atoms with Crippen LogP contribution in [0.1, 0.15) is 30.7 Å². The molecule has 0 bridgehead atoms. The van der Waals surface area contributed by atoms with Crippen LogP contribution in [0.2, 0.25) is 0 Å². The predicted octanol–water partition coefficient (Wildman–Crippen LogP) is 3.26. The first kappa shape index (κ1) is 12.6. The van der Waals surface area contributed by atoms with Gasteiger partial charge in [0.25, 0.3) is 0 Å². The van der Waals surface area contributed by atoms with Gasteiger partial charge in [-0.1, -0.05) is 0 Å². The standard InChI is InChI=1S/C12H19BrN2S/c1-9(11-5-6-12(13)16-11)14-7-8-15(2)10-3-4-10/h5-6,9-10,14H,3-4,7-8H2,1-2H3. The van der Waals surface area contributed by atoms with Gasteiger partial charge in [-0.05, 0) is 54.9 Å². The highest BCUT2D eigenvalue weighted by molar-refractivity contribution is 9.11. The van der Waals surface area contributed by atoms with E-state index in [1.807, 2.05) is 11.3 Å². The van der Waals surface area contributed by atoms with Crippen molar-refractivity contribution in [1.29, 1.82) is 0 Å². The van der Waals surface area contributed by atoms with E-state index in [4.69, 9.17) is 0 Å². The summed E-state index contributed by atoms with van der Waals surface area (Å²) in [6, 6.07) is 5.64. The molecule has 1 N–H and O–H groups in total. The van der Waals surface area contributed by atoms with E-state index in [-0.39, 0.29) is 0 Å². The second-order valence-electron chi connectivity index (χ2n) is 4.53. The molecular weight excluding hydrogens is 284 g/mol. The number of hydrogen-bond donors (Lipinski definition) is 1. The molecule has 0 radical (unpaired) electrons. The Morgan fingerprint density at radius 2 is 2.31 bits per heavy atom. The molecule has 0 aliphatic heterocycles. The van der Waals surface area contributed by atoms with Crippen LogP contribution >= 0.6 is 27.3 Å². The van der Waals surface area contributed by atoms with Crippen LogP contribution < -0.4 is 5.32 Å². The smallest absolute Gasteiger partial charge is 0.0701 e. The van der Waals surface area contributed by atoms with Gasteiger partial charge in [0.1, 0.15) is 0 Å². The van der Waals surface area contributed by atoms with Crippen molar-refractivity contribution in [2.75, 3.05) is 20.1 Å². The fraction of sp³-hybridized carbons (Fsp3) is 0.667. The molecule has 1 aliphatic rings. The minimum Gasteiger partial charge on any atom is -0.308 e. The van der Waals surface area contributed by atoms with Crippen LogP contribution in [-0.2, 0) is 0 Å². The summed E-state index contributed by atoms with van der Waals surface area (Å²) in [6.07, 6.45) is 2.79. The summed E-state index contributed by atoms with van der Waals surface area (Å²) in [4.78, 5) is 3.87. The lowest BCUT2D eigenvalue weighted by Crippen LogP contribution is -2.31. The summed E-state index contributed by atoms with van der Waals surface area (Å²) in [5.41, 5.74) is 0. The third-order valence-electron chi connectivity index (χ3n) is 3.11. The molecule has 1 aromatic heterocycles. The Labute approximate surface area is 110 Å². The third-order valence-corrected chi connectivity index (χ3v) is 4.91. The van der Waals surface area contributed by atoms with Crippen molar-refractivity contribution in [3.63, 3.8) is 0 Å². The molecule has 1 aliphatic carbocycles. The number of halogens is 1. The van der Waals surface area contributed by atoms with Gasteiger partial charge in [0.05, 0.1) is 3.79 Å². The van der Waals surface area contributed by atoms with E-state index >= 15 is 0 Å². The highest BCUT2D eigenvalue weighted by Gasteiger charge is 2.25. The molecule has 1 unspecified atom stereocenters. The Kier molecular flexibility index (Phi) is 4.41. The average molecular weight is 303 g/mol. The number of likely N-dealkylation sites (N-methyl/N-ethyl adjacent to an activating group) is 1. The fourth-order valence-corrected chi connectivity index (χ4v) is 3.27. The Bertz CT molecular complexity index is 336. The number of thiophene rings is 1. The second-order valence-corrected chi connectivity index (χ2v) is 7.02. The molecule has 0 amide bonds. The maximum atomic E-state index is 3.57. The summed E-state index contributed by atoms with van der Waals surface area (Å²) in [5.74, 6) is 0. The third kappa shape index (κ3) is 3.55. The molecule has 16 heavy (non-hydrogen) atoms. The normalized spacial score (nSPS) is 18.0. The summed E-state index contributed by atoms with van der Waals surface area (Å²) < 4.78 is 1.21. The fourth-order valence-electron chi connectivity index (χ4n) is 1.82. The van der Waals surface area contributed by atoms with Gasteiger partial charge in [0.2, 0.25) is 0 Å². The minimum atomic E-state index is 0.462. The largest absolute Gasteiger partial charge is 0.308 e. The van der Waals surface area contributed by atoms with E-state index in [2.05, 4.69) is 52.3 Å². The van der Waals surface area contributed by atoms with Crippen molar-refractivity contribution in [1.82, 2.24) is 10.2 Å². The molecule has 90 valence electrons. The van der Waals surface area contributed by atoms with Crippen molar-refractivity contribution >= 4 is 27.3 Å². The summed E-state index contributed by atoms with van der Waals surface area (Å²) in [6.45, 7) is 4.46. The van der Waals surface area contributed by atoms with Crippen LogP contribution in [0.15, 0.2) is 15.9 Å². The molecule has 0 saturated heterocycles. The van der Waals surface area contributed by atoms with Gasteiger partial charge < -0.3 is 10.2 Å². The van der Waals surface area contributed by atoms with Crippen molar-refractivity contribution in [3.8, 4) is 0 Å². The maximum Gasteiger partial charge on any atom is 0.0701 e. The van der Waals surface area contributed by atoms with Crippen LogP contribution in [0.4, 0.5) is 0 Å². The van der Waals surface area contributed by atoms with Gasteiger partial charge in [0.15, 0.2) is 0 Å². The van der Waals surface area contributed by atoms with Crippen LogP contribution in [0.5, 0.6) is 0 Å². The predicted molar refractivity (Wildman–Crippen MR) is 74.1 cm³/mol. The Hall–Kier alpha value is 0.1000. The van der Waals surface area contributed by atoms with Gasteiger partial charge in [-0.25, -0.2) is 0 Å². The molecule has 2 nitrogen and oxygen atoms in total. The molecule has 0 spiro atoms. The topological polar surface area (TPSA) is 15.3 Å². The van der Waals surface area contributed by atoms with Gasteiger partial charge in [-0.3, -0.25) is 0 Å². The summed E-state index contributed by atoms with van der Waals surface area (Å²) in [5, 5.41) is 3.57. The van der Waals surface area contributed by atoms with Crippen LogP contribution in [0, 0.1) is 0 Å². The molecule has 1 atom stereocenters. The Morgan fingerprint density at radius 3 is 2.88 bits per heavy atom. The Morgan fingerprint density at radius 1 is 1.56 bits per heavy atom. The first-order valence-corrected chi connectivity index (χ1v) is 7.46. The van der Waals surface area contributed by atoms with Crippen molar-refractivity contribution < 1.29 is 0 Å². The number of hydrogen-bond acceptors (Lipinski definition) is 3.